The Bertz CT molecular complexity index is 1160. The molecule has 0 bridgehead atoms. The van der Waals surface area contributed by atoms with Gasteiger partial charge in [0.05, 0.1) is 0 Å². The summed E-state index contributed by atoms with van der Waals surface area (Å²) in [4.78, 5) is 0. The molecular weight excluding hydrogens is 865 g/mol. The van der Waals surface area contributed by atoms with Gasteiger partial charge in [-0.1, -0.05) is 197 Å². The molecule has 0 amide bonds. The predicted molar refractivity (Wildman–Crippen MR) is 248 cm³/mol. The van der Waals surface area contributed by atoms with E-state index in [1.165, 1.54) is 120 Å². The first-order valence-corrected chi connectivity index (χ1v) is 28.1. The van der Waals surface area contributed by atoms with Gasteiger partial charge in [0, 0.05) is 60.4 Å². The van der Waals surface area contributed by atoms with Crippen LogP contribution >= 0.6 is 68.4 Å². The van der Waals surface area contributed by atoms with Crippen LogP contribution in [0.5, 0.6) is 0 Å². The van der Waals surface area contributed by atoms with Crippen LogP contribution < -0.4 is 13.9 Å². The van der Waals surface area contributed by atoms with Crippen LogP contribution in [0.3, 0.4) is 0 Å². The maximum Gasteiger partial charge on any atom is 0.0439 e. The molecule has 0 nitrogen and oxygen atoms in total. The summed E-state index contributed by atoms with van der Waals surface area (Å²) >= 11 is 12.0. The first-order valence-electron chi connectivity index (χ1n) is 20.3. The molecule has 4 fully saturated rings. The summed E-state index contributed by atoms with van der Waals surface area (Å²) < 4.78 is 4.67. The fraction of sp³-hybridized carbons (Fsp3) is 0.727. The first-order chi connectivity index (χ1) is 24.2. The SMILES string of the molecule is C1CCCC1.C1CCCC1.CC(C)(C)P(Cl)c1cccs1.CC(C)(C)P(c1cccs1)C1CCCC1.CC(C)(C)P(c1cccs1)C1CCCC1.[Fe].[Fe]. The van der Waals surface area contributed by atoms with Gasteiger partial charge in [-0.25, -0.2) is 0 Å². The van der Waals surface area contributed by atoms with Crippen molar-refractivity contribution in [1.82, 2.24) is 0 Å². The molecule has 3 aromatic heterocycles. The number of thiophene rings is 3. The minimum Gasteiger partial charge on any atom is -0.144 e. The summed E-state index contributed by atoms with van der Waals surface area (Å²) in [5, 5.41) is 7.75. The molecule has 53 heavy (non-hydrogen) atoms. The summed E-state index contributed by atoms with van der Waals surface area (Å²) in [6.07, 6.45) is 26.7. The van der Waals surface area contributed by atoms with Crippen LogP contribution in [0, 0.1) is 0 Å². The smallest absolute Gasteiger partial charge is 0.0439 e. The summed E-state index contributed by atoms with van der Waals surface area (Å²) in [5.41, 5.74) is 2.00. The van der Waals surface area contributed by atoms with Crippen molar-refractivity contribution in [2.45, 2.75) is 205 Å². The normalized spacial score (nSPS) is 19.4. The van der Waals surface area contributed by atoms with E-state index in [1.807, 2.05) is 22.7 Å². The van der Waals surface area contributed by atoms with E-state index in [0.29, 0.717) is 10.3 Å². The summed E-state index contributed by atoms with van der Waals surface area (Å²) in [5.74, 6) is 0. The molecule has 9 heteroatoms. The molecule has 0 N–H and O–H groups in total. The second-order valence-electron chi connectivity index (χ2n) is 17.8. The van der Waals surface area contributed by atoms with Gasteiger partial charge in [-0.15, -0.1) is 34.0 Å². The van der Waals surface area contributed by atoms with E-state index in [9.17, 15) is 0 Å². The third-order valence-electron chi connectivity index (χ3n) is 10.1. The Labute approximate surface area is 370 Å². The maximum atomic E-state index is 6.30. The molecule has 3 aromatic rings. The monoisotopic (exact) mass is 938 g/mol. The summed E-state index contributed by atoms with van der Waals surface area (Å²) in [7, 11) is -0.374. The van der Waals surface area contributed by atoms with Crippen LogP contribution in [0.25, 0.3) is 0 Å². The molecule has 0 radical (unpaired) electrons. The zero-order valence-electron chi connectivity index (χ0n) is 34.7. The molecule has 306 valence electrons. The van der Waals surface area contributed by atoms with Crippen molar-refractivity contribution in [1.29, 1.82) is 0 Å². The van der Waals surface area contributed by atoms with E-state index in [4.69, 9.17) is 11.2 Å². The quantitative estimate of drug-likeness (QED) is 0.177. The molecule has 3 unspecified atom stereocenters. The third-order valence-corrected chi connectivity index (χ3v) is 25.5. The molecule has 4 saturated carbocycles. The van der Waals surface area contributed by atoms with Gasteiger partial charge in [0.25, 0.3) is 0 Å². The third kappa shape index (κ3) is 20.0. The minimum atomic E-state index is -0.489. The Morgan fingerprint density at radius 3 is 0.906 bits per heavy atom. The van der Waals surface area contributed by atoms with Crippen molar-refractivity contribution in [3.8, 4) is 0 Å². The number of hydrogen-bond acceptors (Lipinski definition) is 3. The van der Waals surface area contributed by atoms with E-state index >= 15 is 0 Å². The van der Waals surface area contributed by atoms with Gasteiger partial charge in [-0.3, -0.25) is 0 Å². The van der Waals surface area contributed by atoms with E-state index in [1.54, 1.807) is 20.6 Å². The van der Waals surface area contributed by atoms with Gasteiger partial charge in [0.1, 0.15) is 0 Å². The van der Waals surface area contributed by atoms with Crippen molar-refractivity contribution in [3.63, 3.8) is 0 Å². The van der Waals surface area contributed by atoms with Crippen LogP contribution in [-0.2, 0) is 34.1 Å². The molecule has 0 aliphatic heterocycles. The van der Waals surface area contributed by atoms with Crippen molar-refractivity contribution >= 4 is 82.2 Å². The van der Waals surface area contributed by atoms with Crippen molar-refractivity contribution in [3.05, 3.63) is 52.5 Å². The fourth-order valence-corrected chi connectivity index (χ4v) is 22.2. The van der Waals surface area contributed by atoms with Gasteiger partial charge >= 0.3 is 0 Å². The molecule has 4 aliphatic carbocycles. The summed E-state index contributed by atoms with van der Waals surface area (Å²) in [6.45, 7) is 21.1. The van der Waals surface area contributed by atoms with Crippen LogP contribution in [0.15, 0.2) is 52.5 Å². The standard InChI is InChI=1S/2C13H21PS.C8H12ClPS.2C5H10.2Fe/c2*1-13(2,3)14(11-7-4-5-8-11)12-9-6-10-15-12;1-8(2,3)10(9)7-5-4-6-11-7;2*1-2-4-5-3-1;;/h2*6,9-11H,4-5,7-8H2,1-3H3;4-6H,1-3H3;2*1-5H2;;. The fourth-order valence-electron chi connectivity index (χ4n) is 7.74. The van der Waals surface area contributed by atoms with Crippen molar-refractivity contribution in [2.24, 2.45) is 0 Å². The molecule has 3 atom stereocenters. The van der Waals surface area contributed by atoms with E-state index in [-0.39, 0.29) is 55.1 Å². The predicted octanol–water partition coefficient (Wildman–Crippen LogP) is 16.9. The Kier molecular flexibility index (Phi) is 27.3. The average Bonchev–Trinajstić information content (AvgIpc) is 3.91. The van der Waals surface area contributed by atoms with Gasteiger partial charge in [-0.05, 0) is 81.7 Å². The molecule has 0 spiro atoms. The second-order valence-corrected chi connectivity index (χ2v) is 31.5. The van der Waals surface area contributed by atoms with Crippen molar-refractivity contribution < 1.29 is 34.1 Å². The van der Waals surface area contributed by atoms with Gasteiger partial charge < -0.3 is 0 Å². The van der Waals surface area contributed by atoms with Crippen LogP contribution in [0.4, 0.5) is 0 Å². The van der Waals surface area contributed by atoms with Crippen LogP contribution in [0.2, 0.25) is 0 Å². The number of rotatable bonds is 5. The van der Waals surface area contributed by atoms with E-state index < -0.39 is 7.27 Å². The Morgan fingerprint density at radius 2 is 0.698 bits per heavy atom. The molecule has 4 aliphatic rings. The van der Waals surface area contributed by atoms with Crippen LogP contribution in [0.1, 0.15) is 178 Å². The maximum absolute atomic E-state index is 6.30. The molecular formula is C44H74ClFe2P3S3. The molecule has 0 aromatic carbocycles. The van der Waals surface area contributed by atoms with E-state index in [2.05, 4.69) is 115 Å². The molecule has 0 saturated heterocycles. The van der Waals surface area contributed by atoms with Crippen LogP contribution in [-0.4, -0.2) is 26.8 Å². The number of halogens is 1. The Balaban J connectivity index is 0.000000348. The number of hydrogen-bond donors (Lipinski definition) is 0. The zero-order chi connectivity index (χ0) is 37.3. The van der Waals surface area contributed by atoms with E-state index in [0.717, 1.165) is 11.3 Å². The Hall–Kier alpha value is 1.72. The summed E-state index contributed by atoms with van der Waals surface area (Å²) in [6, 6.07) is 13.3. The molecule has 3 heterocycles. The second kappa shape index (κ2) is 27.5. The van der Waals surface area contributed by atoms with Gasteiger partial charge in [-0.2, -0.15) is 0 Å². The minimum absolute atomic E-state index is 0. The largest absolute Gasteiger partial charge is 0.144 e. The topological polar surface area (TPSA) is 0 Å². The molecule has 7 rings (SSSR count). The Morgan fingerprint density at radius 1 is 0.434 bits per heavy atom. The first kappa shape index (κ1) is 52.7. The average molecular weight is 939 g/mol. The van der Waals surface area contributed by atoms with Crippen molar-refractivity contribution in [2.75, 3.05) is 0 Å². The zero-order valence-corrected chi connectivity index (χ0v) is 42.8. The van der Waals surface area contributed by atoms with Gasteiger partial charge in [0.2, 0.25) is 0 Å². The van der Waals surface area contributed by atoms with Gasteiger partial charge in [0.15, 0.2) is 0 Å².